The van der Waals surface area contributed by atoms with Crippen molar-refractivity contribution >= 4 is 33.2 Å². The molecule has 5 nitrogen and oxygen atoms in total. The lowest BCUT2D eigenvalue weighted by Crippen LogP contribution is -2.51. The molecular formula is C25H24BrNO4S. The first kappa shape index (κ1) is 21.6. The molecule has 1 unspecified atom stereocenters. The molecule has 1 fully saturated rings. The normalized spacial score (nSPS) is 21.0. The van der Waals surface area contributed by atoms with E-state index in [0.717, 1.165) is 28.1 Å². The molecule has 3 heterocycles. The number of fused-ring (bicyclic) bond motifs is 1. The second kappa shape index (κ2) is 9.35. The Hall–Kier alpha value is -2.19. The van der Waals surface area contributed by atoms with Crippen molar-refractivity contribution in [1.29, 1.82) is 0 Å². The molecule has 0 amide bonds. The molecule has 7 heteroatoms. The van der Waals surface area contributed by atoms with Gasteiger partial charge in [0.1, 0.15) is 12.4 Å². The molecule has 0 radical (unpaired) electrons. The molecule has 3 aliphatic rings. The number of hydrogen-bond donors (Lipinski definition) is 1. The number of carboxylic acids is 1. The number of benzene rings is 1. The van der Waals surface area contributed by atoms with Crippen molar-refractivity contribution in [2.75, 3.05) is 26.2 Å². The highest BCUT2D eigenvalue weighted by atomic mass is 79.9. The summed E-state index contributed by atoms with van der Waals surface area (Å²) in [6, 6.07) is 12.5. The maximum absolute atomic E-state index is 11.0. The van der Waals surface area contributed by atoms with Crippen LogP contribution in [0.2, 0.25) is 0 Å². The summed E-state index contributed by atoms with van der Waals surface area (Å²) in [6.45, 7) is 3.12. The highest BCUT2D eigenvalue weighted by molar-refractivity contribution is 9.11. The lowest BCUT2D eigenvalue weighted by Gasteiger charge is -2.38. The van der Waals surface area contributed by atoms with Gasteiger partial charge >= 0.3 is 5.97 Å². The third kappa shape index (κ3) is 4.76. The topological polar surface area (TPSA) is 59.0 Å². The summed E-state index contributed by atoms with van der Waals surface area (Å²) in [6.07, 6.45) is 7.25. The van der Waals surface area contributed by atoms with Gasteiger partial charge in [0.05, 0.1) is 22.4 Å². The molecule has 5 rings (SSSR count). The number of rotatable bonds is 7. The standard InChI is InChI=1S/C25H24BrNO4S/c26-24-22(17-4-2-1-3-5-17)10-21(32-24)15-30-20-7-6-18-8-16(14-31-23(18)9-20)11-27-12-19(13-27)25(28)29/h1-6,8-10,19-20H,7,11-15H2,(H,28,29). The van der Waals surface area contributed by atoms with E-state index in [-0.39, 0.29) is 12.0 Å². The van der Waals surface area contributed by atoms with Gasteiger partial charge in [-0.2, -0.15) is 0 Å². The van der Waals surface area contributed by atoms with Crippen LogP contribution in [0.15, 0.2) is 75.3 Å². The monoisotopic (exact) mass is 513 g/mol. The van der Waals surface area contributed by atoms with Crippen LogP contribution in [0.5, 0.6) is 0 Å². The molecular weight excluding hydrogens is 490 g/mol. The van der Waals surface area contributed by atoms with Crippen molar-refractivity contribution in [3.63, 3.8) is 0 Å². The zero-order valence-electron chi connectivity index (χ0n) is 17.5. The number of carbonyl (C=O) groups is 1. The fraction of sp³-hybridized carbons (Fsp3) is 0.320. The SMILES string of the molecule is O=C(O)C1CN(CC2=CC3=CCC(OCc4cc(-c5ccccc5)c(Br)s4)C=C3OC2)C1. The first-order valence-electron chi connectivity index (χ1n) is 10.7. The second-order valence-electron chi connectivity index (χ2n) is 8.36. The Morgan fingerprint density at radius 3 is 2.88 bits per heavy atom. The molecule has 0 bridgehead atoms. The van der Waals surface area contributed by atoms with E-state index in [1.54, 1.807) is 11.3 Å². The maximum Gasteiger partial charge on any atom is 0.309 e. The van der Waals surface area contributed by atoms with Crippen molar-refractivity contribution in [3.8, 4) is 11.1 Å². The number of carboxylic acid groups (broad SMARTS) is 1. The van der Waals surface area contributed by atoms with Gasteiger partial charge in [-0.3, -0.25) is 9.69 Å². The van der Waals surface area contributed by atoms with E-state index in [9.17, 15) is 4.79 Å². The fourth-order valence-corrected chi connectivity index (χ4v) is 6.00. The minimum Gasteiger partial charge on any atom is -0.489 e. The van der Waals surface area contributed by atoms with Crippen LogP contribution in [0.1, 0.15) is 11.3 Å². The first-order valence-corrected chi connectivity index (χ1v) is 12.3. The number of nitrogens with zero attached hydrogens (tertiary/aromatic N) is 1. The summed E-state index contributed by atoms with van der Waals surface area (Å²) in [7, 11) is 0. The minimum absolute atomic E-state index is 0.00328. The Kier molecular flexibility index (Phi) is 6.33. The van der Waals surface area contributed by atoms with Crippen LogP contribution in [-0.4, -0.2) is 48.3 Å². The average Bonchev–Trinajstić information content (AvgIpc) is 3.15. The zero-order chi connectivity index (χ0) is 22.1. The van der Waals surface area contributed by atoms with Gasteiger partial charge in [0.2, 0.25) is 0 Å². The van der Waals surface area contributed by atoms with E-state index in [1.165, 1.54) is 21.6 Å². The molecule has 0 spiro atoms. The number of ether oxygens (including phenoxy) is 2. The molecule has 1 aromatic heterocycles. The molecule has 1 aromatic carbocycles. The van der Waals surface area contributed by atoms with Crippen molar-refractivity contribution in [3.05, 3.63) is 80.2 Å². The summed E-state index contributed by atoms with van der Waals surface area (Å²) < 4.78 is 13.3. The number of likely N-dealkylation sites (tertiary alicyclic amines) is 1. The van der Waals surface area contributed by atoms with E-state index in [0.29, 0.717) is 26.3 Å². The number of hydrogen-bond acceptors (Lipinski definition) is 5. The molecule has 2 aromatic rings. The summed E-state index contributed by atoms with van der Waals surface area (Å²) in [4.78, 5) is 14.3. The van der Waals surface area contributed by atoms with Crippen LogP contribution >= 0.6 is 27.3 Å². The zero-order valence-corrected chi connectivity index (χ0v) is 19.9. The Morgan fingerprint density at radius 2 is 2.09 bits per heavy atom. The van der Waals surface area contributed by atoms with Gasteiger partial charge in [-0.15, -0.1) is 11.3 Å². The predicted octanol–water partition coefficient (Wildman–Crippen LogP) is 5.25. The van der Waals surface area contributed by atoms with Crippen molar-refractivity contribution in [2.45, 2.75) is 19.1 Å². The minimum atomic E-state index is -0.701. The van der Waals surface area contributed by atoms with E-state index >= 15 is 0 Å². The van der Waals surface area contributed by atoms with Gasteiger partial charge < -0.3 is 14.6 Å². The van der Waals surface area contributed by atoms with Gasteiger partial charge in [-0.05, 0) is 51.7 Å². The Bertz CT molecular complexity index is 1100. The van der Waals surface area contributed by atoms with E-state index in [1.807, 2.05) is 18.2 Å². The molecule has 1 atom stereocenters. The van der Waals surface area contributed by atoms with Crippen LogP contribution in [-0.2, 0) is 20.9 Å². The van der Waals surface area contributed by atoms with Crippen LogP contribution in [0.4, 0.5) is 0 Å². The van der Waals surface area contributed by atoms with E-state index in [2.05, 4.69) is 57.3 Å². The maximum atomic E-state index is 11.0. The lowest BCUT2D eigenvalue weighted by atomic mass is 9.96. The van der Waals surface area contributed by atoms with Crippen molar-refractivity contribution < 1.29 is 19.4 Å². The highest BCUT2D eigenvalue weighted by Crippen LogP contribution is 2.37. The van der Waals surface area contributed by atoms with Crippen LogP contribution in [0.3, 0.4) is 0 Å². The molecule has 1 saturated heterocycles. The summed E-state index contributed by atoms with van der Waals surface area (Å²) in [5, 5.41) is 9.02. The number of thiophene rings is 1. The van der Waals surface area contributed by atoms with Gasteiger partial charge in [-0.25, -0.2) is 0 Å². The molecule has 166 valence electrons. The van der Waals surface area contributed by atoms with Gasteiger partial charge in [-0.1, -0.05) is 36.4 Å². The third-order valence-corrected chi connectivity index (χ3v) is 7.77. The molecule has 0 saturated carbocycles. The van der Waals surface area contributed by atoms with Gasteiger partial charge in [0.15, 0.2) is 0 Å². The fourth-order valence-electron chi connectivity index (χ4n) is 4.21. The molecule has 1 aliphatic carbocycles. The van der Waals surface area contributed by atoms with Gasteiger partial charge in [0, 0.05) is 35.6 Å². The van der Waals surface area contributed by atoms with Crippen LogP contribution in [0.25, 0.3) is 11.1 Å². The summed E-state index contributed by atoms with van der Waals surface area (Å²) in [5.41, 5.74) is 4.69. The smallest absolute Gasteiger partial charge is 0.309 e. The predicted molar refractivity (Wildman–Crippen MR) is 128 cm³/mol. The third-order valence-electron chi connectivity index (χ3n) is 5.96. The molecule has 32 heavy (non-hydrogen) atoms. The average molecular weight is 514 g/mol. The molecule has 1 N–H and O–H groups in total. The highest BCUT2D eigenvalue weighted by Gasteiger charge is 2.33. The Labute approximate surface area is 199 Å². The largest absolute Gasteiger partial charge is 0.489 e. The second-order valence-corrected chi connectivity index (χ2v) is 10.8. The Morgan fingerprint density at radius 1 is 1.28 bits per heavy atom. The van der Waals surface area contributed by atoms with Crippen molar-refractivity contribution in [1.82, 2.24) is 4.90 Å². The number of aliphatic carboxylic acids is 1. The quantitative estimate of drug-likeness (QED) is 0.547. The summed E-state index contributed by atoms with van der Waals surface area (Å²) in [5.74, 6) is -0.0444. The van der Waals surface area contributed by atoms with Crippen LogP contribution < -0.4 is 0 Å². The van der Waals surface area contributed by atoms with Crippen LogP contribution in [0, 0.1) is 5.92 Å². The number of allylic oxidation sites excluding steroid dienone is 1. The van der Waals surface area contributed by atoms with Crippen molar-refractivity contribution in [2.24, 2.45) is 5.92 Å². The van der Waals surface area contributed by atoms with Gasteiger partial charge in [0.25, 0.3) is 0 Å². The lowest BCUT2D eigenvalue weighted by molar-refractivity contribution is -0.147. The number of halogens is 1. The molecule has 2 aliphatic heterocycles. The Balaban J connectivity index is 1.16. The summed E-state index contributed by atoms with van der Waals surface area (Å²) >= 11 is 5.40. The van der Waals surface area contributed by atoms with E-state index < -0.39 is 5.97 Å². The van der Waals surface area contributed by atoms with E-state index in [4.69, 9.17) is 14.6 Å². The first-order chi connectivity index (χ1) is 15.5.